The summed E-state index contributed by atoms with van der Waals surface area (Å²) in [6, 6.07) is 10.1. The predicted octanol–water partition coefficient (Wildman–Crippen LogP) is 4.45. The van der Waals surface area contributed by atoms with E-state index in [9.17, 15) is 0 Å². The molecule has 2 aliphatic rings. The molecule has 3 nitrogen and oxygen atoms in total. The molecule has 3 rings (SSSR count). The molecular weight excluding hydrogens is 354 g/mol. The van der Waals surface area contributed by atoms with Crippen LogP contribution in [0.1, 0.15) is 33.1 Å². The van der Waals surface area contributed by atoms with E-state index in [4.69, 9.17) is 9.47 Å². The van der Waals surface area contributed by atoms with Crippen molar-refractivity contribution in [1.29, 1.82) is 0 Å². The smallest absolute Gasteiger partial charge is 0.166 e. The molecule has 1 aromatic rings. The zero-order valence-electron chi connectivity index (χ0n) is 13.6. The summed E-state index contributed by atoms with van der Waals surface area (Å²) in [6.45, 7) is 4.49. The van der Waals surface area contributed by atoms with Gasteiger partial charge in [0.1, 0.15) is 5.60 Å². The maximum atomic E-state index is 6.26. The summed E-state index contributed by atoms with van der Waals surface area (Å²) in [7, 11) is 0. The number of nitrogens with one attached hydrogen (secondary N) is 1. The van der Waals surface area contributed by atoms with Crippen molar-refractivity contribution < 1.29 is 9.47 Å². The molecule has 2 atom stereocenters. The van der Waals surface area contributed by atoms with Gasteiger partial charge in [0, 0.05) is 10.2 Å². The summed E-state index contributed by atoms with van der Waals surface area (Å²) in [4.78, 5) is 0. The summed E-state index contributed by atoms with van der Waals surface area (Å²) in [5, 5.41) is 3.30. The maximum absolute atomic E-state index is 6.26. The average molecular weight is 376 g/mol. The largest absolute Gasteiger partial charge is 0.374 e. The van der Waals surface area contributed by atoms with Crippen molar-refractivity contribution in [3.63, 3.8) is 0 Å². The van der Waals surface area contributed by atoms with Crippen molar-refractivity contribution >= 4 is 21.6 Å². The van der Waals surface area contributed by atoms with Crippen LogP contribution in [-0.4, -0.2) is 24.0 Å². The van der Waals surface area contributed by atoms with Crippen molar-refractivity contribution in [3.8, 4) is 11.8 Å². The highest BCUT2D eigenvalue weighted by atomic mass is 79.9. The van der Waals surface area contributed by atoms with E-state index in [-0.39, 0.29) is 6.10 Å². The molecule has 0 unspecified atom stereocenters. The van der Waals surface area contributed by atoms with Gasteiger partial charge in [-0.1, -0.05) is 52.0 Å². The molecule has 1 heterocycles. The van der Waals surface area contributed by atoms with Gasteiger partial charge in [-0.15, -0.1) is 0 Å². The van der Waals surface area contributed by atoms with Crippen LogP contribution in [0.2, 0.25) is 0 Å². The Hall–Kier alpha value is -1.28. The Labute approximate surface area is 146 Å². The fraction of sp³-hybridized carbons (Fsp3) is 0.474. The second kappa shape index (κ2) is 6.68. The van der Waals surface area contributed by atoms with E-state index in [1.54, 1.807) is 0 Å². The molecule has 1 aliphatic heterocycles. The Kier molecular flexibility index (Phi) is 4.82. The zero-order valence-corrected chi connectivity index (χ0v) is 15.2. The minimum Gasteiger partial charge on any atom is -0.374 e. The second-order valence-electron chi connectivity index (χ2n) is 6.37. The lowest BCUT2D eigenvalue weighted by Gasteiger charge is -2.33. The molecule has 1 aliphatic carbocycles. The lowest BCUT2D eigenvalue weighted by molar-refractivity contribution is -0.155. The summed E-state index contributed by atoms with van der Waals surface area (Å²) >= 11 is 3.68. The Morgan fingerprint density at radius 2 is 2.09 bits per heavy atom. The highest BCUT2D eigenvalue weighted by Crippen LogP contribution is 2.48. The number of hydrogen-bond donors (Lipinski definition) is 1. The SMILES string of the molecule is CC1(C)O[C@@H](C#CCNc2ccccc2)[C@]2(CCCC=C2Br)O1. The number of rotatable bonds is 2. The van der Waals surface area contributed by atoms with Gasteiger partial charge in [0.15, 0.2) is 11.9 Å². The molecule has 0 amide bonds. The minimum atomic E-state index is -0.615. The van der Waals surface area contributed by atoms with E-state index >= 15 is 0 Å². The predicted molar refractivity (Wildman–Crippen MR) is 96.3 cm³/mol. The van der Waals surface area contributed by atoms with E-state index in [0.717, 1.165) is 29.4 Å². The summed E-state index contributed by atoms with van der Waals surface area (Å²) in [5.41, 5.74) is 0.612. The number of anilines is 1. The molecule has 1 spiro atoms. The van der Waals surface area contributed by atoms with Crippen LogP contribution in [0.5, 0.6) is 0 Å². The Balaban J connectivity index is 1.72. The molecule has 1 fully saturated rings. The van der Waals surface area contributed by atoms with Gasteiger partial charge < -0.3 is 14.8 Å². The molecule has 1 saturated heterocycles. The van der Waals surface area contributed by atoms with Crippen molar-refractivity contribution in [1.82, 2.24) is 0 Å². The first-order chi connectivity index (χ1) is 11.0. The molecule has 0 bridgehead atoms. The molecular formula is C19H22BrNO2. The topological polar surface area (TPSA) is 30.5 Å². The molecule has 1 aromatic carbocycles. The van der Waals surface area contributed by atoms with Gasteiger partial charge in [-0.2, -0.15) is 0 Å². The van der Waals surface area contributed by atoms with Gasteiger partial charge in [-0.05, 0) is 45.2 Å². The van der Waals surface area contributed by atoms with Crippen molar-refractivity contribution in [2.45, 2.75) is 50.6 Å². The first-order valence-corrected chi connectivity index (χ1v) is 8.83. The van der Waals surface area contributed by atoms with Gasteiger partial charge in [0.25, 0.3) is 0 Å². The first-order valence-electron chi connectivity index (χ1n) is 8.03. The molecule has 122 valence electrons. The number of hydrogen-bond acceptors (Lipinski definition) is 3. The van der Waals surface area contributed by atoms with Crippen LogP contribution in [0, 0.1) is 11.8 Å². The van der Waals surface area contributed by atoms with Crippen LogP contribution in [0.25, 0.3) is 0 Å². The summed E-state index contributed by atoms with van der Waals surface area (Å²) in [5.74, 6) is 5.84. The van der Waals surface area contributed by atoms with Crippen LogP contribution in [-0.2, 0) is 9.47 Å². The number of halogens is 1. The Bertz CT molecular complexity index is 644. The number of ether oxygens (including phenoxy) is 2. The first kappa shape index (κ1) is 16.6. The van der Waals surface area contributed by atoms with Gasteiger partial charge in [-0.25, -0.2) is 0 Å². The Morgan fingerprint density at radius 3 is 2.83 bits per heavy atom. The van der Waals surface area contributed by atoms with Gasteiger partial charge in [0.2, 0.25) is 0 Å². The third-order valence-corrected chi connectivity index (χ3v) is 5.12. The van der Waals surface area contributed by atoms with E-state index in [1.807, 2.05) is 44.2 Å². The lowest BCUT2D eigenvalue weighted by Crippen LogP contribution is -2.41. The van der Waals surface area contributed by atoms with Crippen molar-refractivity contribution in [3.05, 3.63) is 40.9 Å². The molecule has 0 aromatic heterocycles. The summed E-state index contributed by atoms with van der Waals surface area (Å²) in [6.07, 6.45) is 5.03. The van der Waals surface area contributed by atoms with Crippen molar-refractivity contribution in [2.75, 3.05) is 11.9 Å². The molecule has 0 saturated carbocycles. The van der Waals surface area contributed by atoms with Crippen LogP contribution in [0.4, 0.5) is 5.69 Å². The molecule has 0 radical (unpaired) electrons. The normalized spacial score (nSPS) is 28.8. The average Bonchev–Trinajstić information content (AvgIpc) is 2.79. The molecule has 4 heteroatoms. The summed E-state index contributed by atoms with van der Waals surface area (Å²) < 4.78 is 13.4. The van der Waals surface area contributed by atoms with Crippen LogP contribution in [0.3, 0.4) is 0 Å². The van der Waals surface area contributed by atoms with E-state index in [0.29, 0.717) is 6.54 Å². The van der Waals surface area contributed by atoms with Crippen molar-refractivity contribution in [2.24, 2.45) is 0 Å². The molecule has 23 heavy (non-hydrogen) atoms. The van der Waals surface area contributed by atoms with Crippen LogP contribution in [0.15, 0.2) is 40.9 Å². The van der Waals surface area contributed by atoms with Gasteiger partial charge in [-0.3, -0.25) is 0 Å². The third-order valence-electron chi connectivity index (χ3n) is 4.12. The maximum Gasteiger partial charge on any atom is 0.166 e. The van der Waals surface area contributed by atoms with E-state index < -0.39 is 11.4 Å². The minimum absolute atomic E-state index is 0.249. The quantitative estimate of drug-likeness (QED) is 0.774. The highest BCUT2D eigenvalue weighted by molar-refractivity contribution is 9.11. The van der Waals surface area contributed by atoms with E-state index in [1.165, 1.54) is 0 Å². The number of allylic oxidation sites excluding steroid dienone is 1. The second-order valence-corrected chi connectivity index (χ2v) is 7.23. The van der Waals surface area contributed by atoms with Crippen LogP contribution < -0.4 is 5.32 Å². The fourth-order valence-corrected chi connectivity index (χ4v) is 3.84. The molecule has 1 N–H and O–H groups in total. The highest BCUT2D eigenvalue weighted by Gasteiger charge is 2.54. The Morgan fingerprint density at radius 1 is 1.30 bits per heavy atom. The van der Waals surface area contributed by atoms with E-state index in [2.05, 4.69) is 39.2 Å². The monoisotopic (exact) mass is 375 g/mol. The lowest BCUT2D eigenvalue weighted by atomic mass is 9.86. The van der Waals surface area contributed by atoms with Crippen LogP contribution >= 0.6 is 15.9 Å². The standard InChI is InChI=1S/C19H22BrNO2/c1-18(2)22-17(19(23-18)13-7-6-11-16(19)20)12-8-14-21-15-9-4-3-5-10-15/h3-5,9-11,17,21H,6-7,13-14H2,1-2H3/t17-,19+/m0/s1. The third kappa shape index (κ3) is 3.63. The number of para-hydroxylation sites is 1. The zero-order chi connectivity index (χ0) is 16.3. The number of benzene rings is 1. The van der Waals surface area contributed by atoms with Gasteiger partial charge >= 0.3 is 0 Å². The fourth-order valence-electron chi connectivity index (χ4n) is 3.13. The van der Waals surface area contributed by atoms with Gasteiger partial charge in [0.05, 0.1) is 6.54 Å².